The Labute approximate surface area is 70.8 Å². The van der Waals surface area contributed by atoms with Crippen LogP contribution in [0.5, 0.6) is 0 Å². The third-order valence-corrected chi connectivity index (χ3v) is 3.25. The van der Waals surface area contributed by atoms with Crippen molar-refractivity contribution in [1.29, 1.82) is 0 Å². The molecule has 0 radical (unpaired) electrons. The van der Waals surface area contributed by atoms with E-state index in [0.717, 1.165) is 12.8 Å². The molecule has 12 heavy (non-hydrogen) atoms. The number of allylic oxidation sites excluding steroid dienone is 2. The molecule has 3 nitrogen and oxygen atoms in total. The van der Waals surface area contributed by atoms with Gasteiger partial charge in [-0.05, 0) is 31.6 Å². The van der Waals surface area contributed by atoms with Crippen molar-refractivity contribution in [3.05, 3.63) is 17.1 Å². The molecule has 0 aromatic heterocycles. The van der Waals surface area contributed by atoms with E-state index in [1.807, 2.05) is 6.92 Å². The fraction of sp³-hybridized carbons (Fsp3) is 0.667. The molecule has 0 aromatic carbocycles. The molecular weight excluding hydrogens is 154 g/mol. The van der Waals surface area contributed by atoms with Crippen molar-refractivity contribution in [2.75, 3.05) is 0 Å². The highest BCUT2D eigenvalue weighted by molar-refractivity contribution is 5.84. The Morgan fingerprint density at radius 3 is 2.75 bits per heavy atom. The number of rotatable bonds is 1. The van der Waals surface area contributed by atoms with E-state index < -0.39 is 11.3 Å². The molecule has 2 aliphatic rings. The zero-order chi connectivity index (χ0) is 8.77. The normalized spacial score (nSPS) is 43.4. The second-order valence-electron chi connectivity index (χ2n) is 4.01. The lowest BCUT2D eigenvalue weighted by Crippen LogP contribution is -2.30. The highest BCUT2D eigenvalue weighted by Gasteiger charge is 2.50. The molecule has 0 N–H and O–H groups in total. The molecule has 2 aliphatic carbocycles. The van der Waals surface area contributed by atoms with Crippen molar-refractivity contribution in [1.82, 2.24) is 0 Å². The summed E-state index contributed by atoms with van der Waals surface area (Å²) in [5.41, 5.74) is -0.485. The summed E-state index contributed by atoms with van der Waals surface area (Å²) < 4.78 is 0. The maximum Gasteiger partial charge on any atom is 0.292 e. The molecule has 3 heteroatoms. The van der Waals surface area contributed by atoms with E-state index in [1.54, 1.807) is 0 Å². The van der Waals surface area contributed by atoms with Crippen LogP contribution in [0, 0.1) is 22.2 Å². The van der Waals surface area contributed by atoms with Gasteiger partial charge < -0.3 is 0 Å². The average molecular weight is 165 g/mol. The van der Waals surface area contributed by atoms with E-state index in [-0.39, 0.29) is 5.92 Å². The molecule has 64 valence electrons. The molecule has 0 spiro atoms. The van der Waals surface area contributed by atoms with Gasteiger partial charge in [0.25, 0.3) is 5.91 Å². The van der Waals surface area contributed by atoms with Gasteiger partial charge in [-0.15, -0.1) is 4.91 Å². The lowest BCUT2D eigenvalue weighted by atomic mass is 9.77. The fourth-order valence-electron chi connectivity index (χ4n) is 2.44. The van der Waals surface area contributed by atoms with Crippen LogP contribution in [0.15, 0.2) is 17.3 Å². The van der Waals surface area contributed by atoms with Crippen molar-refractivity contribution >= 4 is 5.91 Å². The second kappa shape index (κ2) is 2.25. The summed E-state index contributed by atoms with van der Waals surface area (Å²) in [5.74, 6) is 0.290. The average Bonchev–Trinajstić information content (AvgIpc) is 2.62. The molecule has 3 unspecified atom stereocenters. The summed E-state index contributed by atoms with van der Waals surface area (Å²) >= 11 is 0. The predicted octanol–water partition coefficient (Wildman–Crippen LogP) is 1.88. The third-order valence-electron chi connectivity index (χ3n) is 3.25. The Morgan fingerprint density at radius 1 is 1.58 bits per heavy atom. The van der Waals surface area contributed by atoms with Gasteiger partial charge in [0.1, 0.15) is 0 Å². The summed E-state index contributed by atoms with van der Waals surface area (Å²) in [5, 5.41) is 2.54. The lowest BCUT2D eigenvalue weighted by Gasteiger charge is -2.25. The molecule has 0 heterocycles. The Morgan fingerprint density at radius 2 is 2.33 bits per heavy atom. The van der Waals surface area contributed by atoms with Crippen LogP contribution >= 0.6 is 0 Å². The molecule has 3 atom stereocenters. The van der Waals surface area contributed by atoms with Crippen molar-refractivity contribution in [2.45, 2.75) is 19.8 Å². The van der Waals surface area contributed by atoms with Crippen LogP contribution in [0.4, 0.5) is 0 Å². The first-order chi connectivity index (χ1) is 5.66. The molecule has 1 fully saturated rings. The second-order valence-corrected chi connectivity index (χ2v) is 4.01. The molecular formula is C9H11NO2. The Kier molecular flexibility index (Phi) is 1.43. The first-order valence-electron chi connectivity index (χ1n) is 4.23. The van der Waals surface area contributed by atoms with Crippen molar-refractivity contribution in [3.63, 3.8) is 0 Å². The van der Waals surface area contributed by atoms with E-state index in [4.69, 9.17) is 0 Å². The fourth-order valence-corrected chi connectivity index (χ4v) is 2.44. The quantitative estimate of drug-likeness (QED) is 0.440. The zero-order valence-corrected chi connectivity index (χ0v) is 6.99. The van der Waals surface area contributed by atoms with Crippen LogP contribution in [0.2, 0.25) is 0 Å². The van der Waals surface area contributed by atoms with Gasteiger partial charge in [0.2, 0.25) is 0 Å². The minimum Gasteiger partial charge on any atom is -0.268 e. The molecule has 2 rings (SSSR count). The molecule has 0 saturated heterocycles. The number of fused-ring (bicyclic) bond motifs is 2. The van der Waals surface area contributed by atoms with E-state index >= 15 is 0 Å². The standard InChI is InChI=1S/C9H11NO2/c1-9(8(11)10-12)5-6-2-3-7(9)4-6/h2-3,6-7H,4-5H2,1H3. The number of carbonyl (C=O) groups is 1. The van der Waals surface area contributed by atoms with E-state index in [1.165, 1.54) is 0 Å². The smallest absolute Gasteiger partial charge is 0.268 e. The number of hydrogen-bond donors (Lipinski definition) is 0. The summed E-state index contributed by atoms with van der Waals surface area (Å²) in [6.45, 7) is 1.85. The van der Waals surface area contributed by atoms with Crippen LogP contribution < -0.4 is 0 Å². The number of amides is 1. The van der Waals surface area contributed by atoms with Crippen molar-refractivity contribution in [2.24, 2.45) is 22.4 Å². The SMILES string of the molecule is CC1(C(=O)N=O)CC2C=CC1C2. The highest BCUT2D eigenvalue weighted by atomic mass is 16.3. The van der Waals surface area contributed by atoms with Crippen LogP contribution in [-0.2, 0) is 4.79 Å². The maximum atomic E-state index is 11.2. The molecule has 1 amide bonds. The van der Waals surface area contributed by atoms with Crippen molar-refractivity contribution in [3.8, 4) is 0 Å². The minimum atomic E-state index is -0.485. The summed E-state index contributed by atoms with van der Waals surface area (Å²) in [4.78, 5) is 21.4. The number of nitroso groups, excluding NO2 is 1. The zero-order valence-electron chi connectivity index (χ0n) is 6.99. The van der Waals surface area contributed by atoms with Gasteiger partial charge in [0.15, 0.2) is 0 Å². The van der Waals surface area contributed by atoms with Gasteiger partial charge in [0.05, 0.1) is 5.41 Å². The van der Waals surface area contributed by atoms with Crippen LogP contribution in [-0.4, -0.2) is 5.91 Å². The Bertz CT molecular complexity index is 272. The Balaban J connectivity index is 2.29. The predicted molar refractivity (Wildman–Crippen MR) is 44.3 cm³/mol. The van der Waals surface area contributed by atoms with Crippen LogP contribution in [0.25, 0.3) is 0 Å². The van der Waals surface area contributed by atoms with Gasteiger partial charge in [-0.2, -0.15) is 0 Å². The third kappa shape index (κ3) is 0.792. The molecule has 2 bridgehead atoms. The van der Waals surface area contributed by atoms with E-state index in [9.17, 15) is 9.70 Å². The monoisotopic (exact) mass is 165 g/mol. The van der Waals surface area contributed by atoms with Gasteiger partial charge >= 0.3 is 0 Å². The number of nitrogens with zero attached hydrogens (tertiary/aromatic N) is 1. The summed E-state index contributed by atoms with van der Waals surface area (Å²) in [7, 11) is 0. The van der Waals surface area contributed by atoms with Gasteiger partial charge in [-0.25, -0.2) is 0 Å². The molecule has 1 saturated carbocycles. The first-order valence-corrected chi connectivity index (χ1v) is 4.23. The van der Waals surface area contributed by atoms with Crippen molar-refractivity contribution < 1.29 is 4.79 Å². The number of hydrogen-bond acceptors (Lipinski definition) is 2. The maximum absolute atomic E-state index is 11.2. The van der Waals surface area contributed by atoms with Gasteiger partial charge in [-0.3, -0.25) is 4.79 Å². The number of carbonyl (C=O) groups excluding carboxylic acids is 1. The molecule has 0 aliphatic heterocycles. The first kappa shape index (κ1) is 7.65. The van der Waals surface area contributed by atoms with Gasteiger partial charge in [-0.1, -0.05) is 12.2 Å². The largest absolute Gasteiger partial charge is 0.292 e. The van der Waals surface area contributed by atoms with E-state index in [0.29, 0.717) is 5.92 Å². The lowest BCUT2D eigenvalue weighted by molar-refractivity contribution is -0.127. The van der Waals surface area contributed by atoms with E-state index in [2.05, 4.69) is 17.3 Å². The van der Waals surface area contributed by atoms with Gasteiger partial charge in [0, 0.05) is 5.18 Å². The van der Waals surface area contributed by atoms with Crippen LogP contribution in [0.1, 0.15) is 19.8 Å². The van der Waals surface area contributed by atoms with Crippen LogP contribution in [0.3, 0.4) is 0 Å². The highest BCUT2D eigenvalue weighted by Crippen LogP contribution is 2.52. The molecule has 0 aromatic rings. The summed E-state index contributed by atoms with van der Waals surface area (Å²) in [6, 6.07) is 0. The minimum absolute atomic E-state index is 0.257. The Hall–Kier alpha value is -0.990. The topological polar surface area (TPSA) is 46.5 Å². The summed E-state index contributed by atoms with van der Waals surface area (Å²) in [6.07, 6.45) is 6.03.